The molecule has 0 aliphatic carbocycles. The molecule has 1 amide bonds. The van der Waals surface area contributed by atoms with E-state index in [0.717, 1.165) is 0 Å². The van der Waals surface area contributed by atoms with Gasteiger partial charge in [0, 0.05) is 25.7 Å². The number of ketones is 1. The van der Waals surface area contributed by atoms with Gasteiger partial charge in [-0.05, 0) is 12.1 Å². The molecule has 2 aliphatic heterocycles. The van der Waals surface area contributed by atoms with Crippen LogP contribution in [0.2, 0.25) is 0 Å². The molecule has 1 aromatic heterocycles. The number of nitrogens with zero attached hydrogens (tertiary/aromatic N) is 2. The predicted molar refractivity (Wildman–Crippen MR) is 79.6 cm³/mol. The normalized spacial score (nSPS) is 26.9. The van der Waals surface area contributed by atoms with Gasteiger partial charge < -0.3 is 14.4 Å². The van der Waals surface area contributed by atoms with Crippen molar-refractivity contribution in [3.8, 4) is 0 Å². The number of fused-ring (bicyclic) bond motifs is 1. The Morgan fingerprint density at radius 3 is 2.65 bits per heavy atom. The van der Waals surface area contributed by atoms with Gasteiger partial charge in [0.2, 0.25) is 0 Å². The van der Waals surface area contributed by atoms with Crippen LogP contribution < -0.4 is 0 Å². The molecular weight excluding hydrogens is 324 g/mol. The minimum absolute atomic E-state index is 0.0507. The minimum atomic E-state index is -3.28. The molecule has 9 heteroatoms. The standard InChI is InChI=1S/C14H18N2O6S/c17-6-5-15-3-4-16(11-9-23(20,21)8-10(11)15)14(19)13(18)12-2-1-7-22-12/h1-2,7,10-11,17H,3-6,8-9H2/t10-,11+/m1/s1. The van der Waals surface area contributed by atoms with Gasteiger partial charge in [-0.25, -0.2) is 8.42 Å². The maximum absolute atomic E-state index is 12.5. The third-order valence-corrected chi connectivity index (χ3v) is 6.08. The van der Waals surface area contributed by atoms with Crippen molar-refractivity contribution in [3.05, 3.63) is 24.2 Å². The third-order valence-electron chi connectivity index (χ3n) is 4.38. The van der Waals surface area contributed by atoms with E-state index in [1.165, 1.54) is 23.3 Å². The average Bonchev–Trinajstić information content (AvgIpc) is 3.13. The Bertz CT molecular complexity index is 699. The van der Waals surface area contributed by atoms with E-state index in [4.69, 9.17) is 9.52 Å². The van der Waals surface area contributed by atoms with E-state index < -0.39 is 27.6 Å². The van der Waals surface area contributed by atoms with E-state index in [1.807, 2.05) is 4.90 Å². The molecular formula is C14H18N2O6S. The van der Waals surface area contributed by atoms with Crippen LogP contribution in [0.3, 0.4) is 0 Å². The number of hydrogen-bond donors (Lipinski definition) is 1. The van der Waals surface area contributed by atoms with Gasteiger partial charge in [-0.2, -0.15) is 0 Å². The van der Waals surface area contributed by atoms with E-state index in [0.29, 0.717) is 13.1 Å². The lowest BCUT2D eigenvalue weighted by Gasteiger charge is -2.43. The van der Waals surface area contributed by atoms with Gasteiger partial charge in [-0.1, -0.05) is 0 Å². The number of piperazine rings is 1. The van der Waals surface area contributed by atoms with Crippen LogP contribution in [0.5, 0.6) is 0 Å². The smallest absolute Gasteiger partial charge is 0.298 e. The molecule has 0 radical (unpaired) electrons. The second kappa shape index (κ2) is 6.06. The number of hydrogen-bond acceptors (Lipinski definition) is 7. The number of sulfone groups is 1. The van der Waals surface area contributed by atoms with Crippen molar-refractivity contribution in [2.24, 2.45) is 0 Å². The second-order valence-electron chi connectivity index (χ2n) is 5.78. The lowest BCUT2D eigenvalue weighted by molar-refractivity contribution is -0.132. The molecule has 8 nitrogen and oxygen atoms in total. The molecule has 0 bridgehead atoms. The maximum atomic E-state index is 12.5. The van der Waals surface area contributed by atoms with Crippen LogP contribution in [0, 0.1) is 0 Å². The highest BCUT2D eigenvalue weighted by atomic mass is 32.2. The van der Waals surface area contributed by atoms with Gasteiger partial charge in [0.15, 0.2) is 15.6 Å². The van der Waals surface area contributed by atoms with Crippen molar-refractivity contribution >= 4 is 21.5 Å². The summed E-state index contributed by atoms with van der Waals surface area (Å²) in [5.41, 5.74) is 0. The van der Waals surface area contributed by atoms with Crippen molar-refractivity contribution in [3.63, 3.8) is 0 Å². The first-order valence-electron chi connectivity index (χ1n) is 7.37. The highest BCUT2D eigenvalue weighted by Crippen LogP contribution is 2.27. The summed E-state index contributed by atoms with van der Waals surface area (Å²) in [6.45, 7) is 0.948. The molecule has 1 N–H and O–H groups in total. The van der Waals surface area contributed by atoms with Gasteiger partial charge in [-0.15, -0.1) is 0 Å². The zero-order chi connectivity index (χ0) is 16.6. The van der Waals surface area contributed by atoms with E-state index in [9.17, 15) is 18.0 Å². The predicted octanol–water partition coefficient (Wildman–Crippen LogP) is -1.24. The van der Waals surface area contributed by atoms with Gasteiger partial charge in [-0.3, -0.25) is 14.5 Å². The van der Waals surface area contributed by atoms with E-state index in [-0.39, 0.29) is 36.5 Å². The lowest BCUT2D eigenvalue weighted by atomic mass is 10.0. The van der Waals surface area contributed by atoms with Crippen LogP contribution in [0.25, 0.3) is 0 Å². The summed E-state index contributed by atoms with van der Waals surface area (Å²) < 4.78 is 28.9. The third kappa shape index (κ3) is 3.04. The average molecular weight is 342 g/mol. The molecule has 1 aromatic rings. The molecule has 2 saturated heterocycles. The number of carbonyl (C=O) groups is 2. The summed E-state index contributed by atoms with van der Waals surface area (Å²) in [6, 6.07) is 1.98. The Hall–Kier alpha value is -1.71. The summed E-state index contributed by atoms with van der Waals surface area (Å²) in [5.74, 6) is -1.78. The van der Waals surface area contributed by atoms with E-state index >= 15 is 0 Å². The summed E-state index contributed by atoms with van der Waals surface area (Å²) in [7, 11) is -3.28. The zero-order valence-corrected chi connectivity index (χ0v) is 13.2. The summed E-state index contributed by atoms with van der Waals surface area (Å²) in [4.78, 5) is 27.9. The Labute approximate surface area is 133 Å². The minimum Gasteiger partial charge on any atom is -0.461 e. The van der Waals surface area contributed by atoms with Crippen LogP contribution in [0.4, 0.5) is 0 Å². The molecule has 3 heterocycles. The summed E-state index contributed by atoms with van der Waals surface area (Å²) in [6.07, 6.45) is 1.31. The first-order chi connectivity index (χ1) is 10.9. The molecule has 0 aromatic carbocycles. The van der Waals surface area contributed by atoms with Gasteiger partial charge in [0.05, 0.1) is 30.4 Å². The molecule has 2 atom stereocenters. The van der Waals surface area contributed by atoms with Crippen LogP contribution in [0.1, 0.15) is 10.6 Å². The first-order valence-corrected chi connectivity index (χ1v) is 9.19. The van der Waals surface area contributed by atoms with Gasteiger partial charge in [0.1, 0.15) is 0 Å². The largest absolute Gasteiger partial charge is 0.461 e. The number of amides is 1. The van der Waals surface area contributed by atoms with Crippen molar-refractivity contribution in [2.75, 3.05) is 37.7 Å². The molecule has 2 aliphatic rings. The number of rotatable bonds is 4. The molecule has 23 heavy (non-hydrogen) atoms. The number of aliphatic hydroxyl groups is 1. The van der Waals surface area contributed by atoms with Crippen molar-refractivity contribution < 1.29 is 27.5 Å². The number of furan rings is 1. The Morgan fingerprint density at radius 1 is 1.26 bits per heavy atom. The quantitative estimate of drug-likeness (QED) is 0.539. The first kappa shape index (κ1) is 16.2. The fourth-order valence-corrected chi connectivity index (χ4v) is 5.34. The number of aliphatic hydroxyl groups excluding tert-OH is 1. The maximum Gasteiger partial charge on any atom is 0.298 e. The van der Waals surface area contributed by atoms with E-state index in [1.54, 1.807) is 0 Å². The molecule has 0 saturated carbocycles. The second-order valence-corrected chi connectivity index (χ2v) is 7.93. The van der Waals surface area contributed by atoms with Crippen molar-refractivity contribution in [2.45, 2.75) is 12.1 Å². The lowest BCUT2D eigenvalue weighted by Crippen LogP contribution is -2.62. The molecule has 126 valence electrons. The SMILES string of the molecule is O=C(C(=O)N1CCN(CCO)[C@@H]2CS(=O)(=O)C[C@@H]21)c1ccco1. The van der Waals surface area contributed by atoms with Gasteiger partial charge >= 0.3 is 0 Å². The van der Waals surface area contributed by atoms with Gasteiger partial charge in [0.25, 0.3) is 11.7 Å². The monoisotopic (exact) mass is 342 g/mol. The molecule has 2 fully saturated rings. The molecule has 0 unspecified atom stereocenters. The van der Waals surface area contributed by atoms with Crippen LogP contribution >= 0.6 is 0 Å². The highest BCUT2D eigenvalue weighted by molar-refractivity contribution is 7.91. The highest BCUT2D eigenvalue weighted by Gasteiger charge is 2.48. The fourth-order valence-electron chi connectivity index (χ4n) is 3.33. The Morgan fingerprint density at radius 2 is 2.00 bits per heavy atom. The molecule has 3 rings (SSSR count). The van der Waals surface area contributed by atoms with Crippen molar-refractivity contribution in [1.29, 1.82) is 0 Å². The van der Waals surface area contributed by atoms with Crippen LogP contribution in [-0.4, -0.2) is 84.8 Å². The van der Waals surface area contributed by atoms with Crippen LogP contribution in [-0.2, 0) is 14.6 Å². The van der Waals surface area contributed by atoms with Crippen molar-refractivity contribution in [1.82, 2.24) is 9.80 Å². The zero-order valence-electron chi connectivity index (χ0n) is 12.4. The summed E-state index contributed by atoms with van der Waals surface area (Å²) >= 11 is 0. The van der Waals surface area contributed by atoms with E-state index in [2.05, 4.69) is 0 Å². The summed E-state index contributed by atoms with van der Waals surface area (Å²) in [5, 5.41) is 9.12. The number of Topliss-reactive ketones (excluding diaryl/α,β-unsaturated/α-hetero) is 1. The molecule has 0 spiro atoms. The number of carbonyl (C=O) groups excluding carboxylic acids is 2. The van der Waals surface area contributed by atoms with Crippen LogP contribution in [0.15, 0.2) is 22.8 Å². The number of β-amino-alcohol motifs (C(OH)–C–C–N with tert-alkyl or cyclic N) is 1. The topological polar surface area (TPSA) is 108 Å². The Balaban J connectivity index is 1.83. The Kier molecular flexibility index (Phi) is 4.26. The fraction of sp³-hybridized carbons (Fsp3) is 0.571.